The molecule has 0 fully saturated rings. The Bertz CT molecular complexity index is 1110. The average Bonchev–Trinajstić information content (AvgIpc) is 3.18. The van der Waals surface area contributed by atoms with Gasteiger partial charge in [0, 0.05) is 23.6 Å². The number of anilines is 1. The number of hydrogen-bond donors (Lipinski definition) is 1. The molecule has 0 aliphatic carbocycles. The number of nitro benzene ring substituents is 1. The first-order valence-electron chi connectivity index (χ1n) is 9.04. The van der Waals surface area contributed by atoms with Gasteiger partial charge in [-0.2, -0.15) is 0 Å². The number of methoxy groups -OCH3 is 1. The van der Waals surface area contributed by atoms with Gasteiger partial charge in [0.1, 0.15) is 11.6 Å². The molecule has 3 rings (SSSR count). The Labute approximate surface area is 181 Å². The van der Waals surface area contributed by atoms with Crippen molar-refractivity contribution in [2.75, 3.05) is 19.0 Å². The van der Waals surface area contributed by atoms with Crippen LogP contribution in [0.2, 0.25) is 0 Å². The molecule has 0 atom stereocenters. The number of aryl methyl sites for hydroxylation is 1. The third-order valence-electron chi connectivity index (χ3n) is 4.23. The summed E-state index contributed by atoms with van der Waals surface area (Å²) in [5, 5.41) is 13.8. The molecule has 2 heterocycles. The van der Waals surface area contributed by atoms with Crippen LogP contribution in [0.1, 0.15) is 31.3 Å². The number of thiazole rings is 1. The second-order valence-electron chi connectivity index (χ2n) is 6.31. The SMILES string of the molecule is COC(=O)c1ccc(NC(=O)c2cc(OCCc3scnc3C)cc([N+](=O)[O-])c2)nc1. The molecule has 0 radical (unpaired) electrons. The molecular formula is C20H18N4O6S. The minimum absolute atomic E-state index is 0.0389. The maximum Gasteiger partial charge on any atom is 0.339 e. The highest BCUT2D eigenvalue weighted by molar-refractivity contribution is 7.09. The average molecular weight is 442 g/mol. The lowest BCUT2D eigenvalue weighted by atomic mass is 10.1. The normalized spacial score (nSPS) is 10.4. The summed E-state index contributed by atoms with van der Waals surface area (Å²) in [5.74, 6) is -0.785. The van der Waals surface area contributed by atoms with Gasteiger partial charge in [-0.25, -0.2) is 14.8 Å². The van der Waals surface area contributed by atoms with Gasteiger partial charge in [-0.3, -0.25) is 14.9 Å². The highest BCUT2D eigenvalue weighted by Crippen LogP contribution is 2.24. The Balaban J connectivity index is 1.73. The van der Waals surface area contributed by atoms with Gasteiger partial charge in [0.05, 0.1) is 47.0 Å². The second-order valence-corrected chi connectivity index (χ2v) is 7.25. The second kappa shape index (κ2) is 9.76. The number of carbonyl (C=O) groups excluding carboxylic acids is 2. The van der Waals surface area contributed by atoms with Crippen molar-refractivity contribution in [3.05, 3.63) is 73.9 Å². The molecule has 11 heteroatoms. The van der Waals surface area contributed by atoms with Crippen molar-refractivity contribution >= 4 is 34.7 Å². The fourth-order valence-electron chi connectivity index (χ4n) is 2.63. The number of nitrogens with one attached hydrogen (secondary N) is 1. The Morgan fingerprint density at radius 2 is 2.00 bits per heavy atom. The van der Waals surface area contributed by atoms with Gasteiger partial charge in [0.25, 0.3) is 11.6 Å². The molecule has 0 spiro atoms. The molecule has 1 aromatic carbocycles. The molecule has 31 heavy (non-hydrogen) atoms. The Kier molecular flexibility index (Phi) is 6.88. The van der Waals surface area contributed by atoms with Crippen LogP contribution in [-0.2, 0) is 11.2 Å². The van der Waals surface area contributed by atoms with Crippen LogP contribution in [0.5, 0.6) is 5.75 Å². The number of nitrogens with zero attached hydrogens (tertiary/aromatic N) is 3. The van der Waals surface area contributed by atoms with Crippen LogP contribution in [-0.4, -0.2) is 40.5 Å². The van der Waals surface area contributed by atoms with Gasteiger partial charge < -0.3 is 14.8 Å². The lowest BCUT2D eigenvalue weighted by Crippen LogP contribution is -2.14. The van der Waals surface area contributed by atoms with Crippen LogP contribution in [0.4, 0.5) is 11.5 Å². The first kappa shape index (κ1) is 21.8. The zero-order valence-corrected chi connectivity index (χ0v) is 17.5. The van der Waals surface area contributed by atoms with Crippen molar-refractivity contribution in [2.45, 2.75) is 13.3 Å². The zero-order valence-electron chi connectivity index (χ0n) is 16.7. The van der Waals surface area contributed by atoms with E-state index in [4.69, 9.17) is 4.74 Å². The van der Waals surface area contributed by atoms with E-state index >= 15 is 0 Å². The highest BCUT2D eigenvalue weighted by Gasteiger charge is 2.16. The van der Waals surface area contributed by atoms with Gasteiger partial charge in [-0.1, -0.05) is 0 Å². The Morgan fingerprint density at radius 1 is 1.19 bits per heavy atom. The van der Waals surface area contributed by atoms with Crippen molar-refractivity contribution in [1.29, 1.82) is 0 Å². The summed E-state index contributed by atoms with van der Waals surface area (Å²) < 4.78 is 10.2. The van der Waals surface area contributed by atoms with Crippen molar-refractivity contribution in [3.63, 3.8) is 0 Å². The van der Waals surface area contributed by atoms with Crippen LogP contribution >= 0.6 is 11.3 Å². The number of nitro groups is 1. The van der Waals surface area contributed by atoms with Gasteiger partial charge in [0.2, 0.25) is 0 Å². The molecule has 3 aromatic rings. The smallest absolute Gasteiger partial charge is 0.339 e. The van der Waals surface area contributed by atoms with Gasteiger partial charge >= 0.3 is 5.97 Å². The predicted octanol–water partition coefficient (Wildman–Crippen LogP) is 3.42. The van der Waals surface area contributed by atoms with Gasteiger partial charge in [-0.15, -0.1) is 11.3 Å². The zero-order chi connectivity index (χ0) is 22.4. The van der Waals surface area contributed by atoms with E-state index < -0.39 is 16.8 Å². The highest BCUT2D eigenvalue weighted by atomic mass is 32.1. The number of aromatic nitrogens is 2. The number of ether oxygens (including phenoxy) is 2. The molecule has 0 saturated carbocycles. The molecule has 0 unspecified atom stereocenters. The van der Waals surface area contributed by atoms with E-state index in [1.54, 1.807) is 5.51 Å². The molecule has 1 amide bonds. The summed E-state index contributed by atoms with van der Waals surface area (Å²) >= 11 is 1.51. The molecule has 0 aliphatic rings. The number of pyridine rings is 1. The number of esters is 1. The number of hydrogen-bond acceptors (Lipinski definition) is 9. The number of benzene rings is 1. The Hall–Kier alpha value is -3.86. The van der Waals surface area contributed by atoms with E-state index in [0.717, 1.165) is 16.6 Å². The molecule has 0 aliphatic heterocycles. The predicted molar refractivity (Wildman–Crippen MR) is 113 cm³/mol. The van der Waals surface area contributed by atoms with E-state index in [1.807, 2.05) is 6.92 Å². The van der Waals surface area contributed by atoms with Crippen molar-refractivity contribution in [2.24, 2.45) is 0 Å². The topological polar surface area (TPSA) is 134 Å². The molecule has 160 valence electrons. The maximum atomic E-state index is 12.6. The lowest BCUT2D eigenvalue weighted by Gasteiger charge is -2.09. The fraction of sp³-hybridized carbons (Fsp3) is 0.200. The number of rotatable bonds is 8. The third-order valence-corrected chi connectivity index (χ3v) is 5.23. The number of carbonyl (C=O) groups is 2. The molecule has 0 bridgehead atoms. The van der Waals surface area contributed by atoms with Crippen molar-refractivity contribution in [1.82, 2.24) is 9.97 Å². The first-order valence-corrected chi connectivity index (χ1v) is 9.92. The van der Waals surface area contributed by atoms with Gasteiger partial charge in [0.15, 0.2) is 0 Å². The summed E-state index contributed by atoms with van der Waals surface area (Å²) in [7, 11) is 1.25. The minimum atomic E-state index is -0.606. The fourth-order valence-corrected chi connectivity index (χ4v) is 3.39. The quantitative estimate of drug-likeness (QED) is 0.319. The van der Waals surface area contributed by atoms with Crippen LogP contribution in [0.25, 0.3) is 0 Å². The lowest BCUT2D eigenvalue weighted by molar-refractivity contribution is -0.385. The summed E-state index contributed by atoms with van der Waals surface area (Å²) in [6.45, 7) is 2.18. The molecule has 10 nitrogen and oxygen atoms in total. The number of amides is 1. The van der Waals surface area contributed by atoms with E-state index in [0.29, 0.717) is 6.42 Å². The van der Waals surface area contributed by atoms with E-state index in [-0.39, 0.29) is 35.0 Å². The number of non-ortho nitro benzene ring substituents is 1. The summed E-state index contributed by atoms with van der Waals surface area (Å²) in [5.41, 5.74) is 2.65. The van der Waals surface area contributed by atoms with Crippen LogP contribution in [0.15, 0.2) is 42.0 Å². The largest absolute Gasteiger partial charge is 0.493 e. The van der Waals surface area contributed by atoms with Crippen LogP contribution in [0.3, 0.4) is 0 Å². The molecular weight excluding hydrogens is 424 g/mol. The Morgan fingerprint density at radius 3 is 2.61 bits per heavy atom. The van der Waals surface area contributed by atoms with Crippen molar-refractivity contribution in [3.8, 4) is 5.75 Å². The monoisotopic (exact) mass is 442 g/mol. The summed E-state index contributed by atoms with van der Waals surface area (Å²) in [6, 6.07) is 6.71. The minimum Gasteiger partial charge on any atom is -0.493 e. The third kappa shape index (κ3) is 5.60. The first-order chi connectivity index (χ1) is 14.9. The van der Waals surface area contributed by atoms with E-state index in [2.05, 4.69) is 20.0 Å². The van der Waals surface area contributed by atoms with Crippen LogP contribution < -0.4 is 10.1 Å². The molecule has 2 aromatic heterocycles. The van der Waals surface area contributed by atoms with Gasteiger partial charge in [-0.05, 0) is 25.1 Å². The van der Waals surface area contributed by atoms with Crippen LogP contribution in [0, 0.1) is 17.0 Å². The molecule has 1 N–H and O–H groups in total. The van der Waals surface area contributed by atoms with E-state index in [9.17, 15) is 19.7 Å². The summed E-state index contributed by atoms with van der Waals surface area (Å²) in [4.78, 5) is 43.9. The van der Waals surface area contributed by atoms with Crippen molar-refractivity contribution < 1.29 is 24.0 Å². The maximum absolute atomic E-state index is 12.6. The summed E-state index contributed by atoms with van der Waals surface area (Å²) in [6.07, 6.45) is 1.85. The standard InChI is InChI=1S/C20H18N4O6S/c1-12-17(31-11-22-12)5-6-30-16-8-14(7-15(9-16)24(27)28)19(25)23-18-4-3-13(10-21-18)20(26)29-2/h3-4,7-11H,5-6H2,1-2H3,(H,21,23,25). The van der Waals surface area contributed by atoms with E-state index in [1.165, 1.54) is 48.9 Å². The molecule has 0 saturated heterocycles.